The normalized spacial score (nSPS) is 11.0. The van der Waals surface area contributed by atoms with E-state index in [0.717, 1.165) is 18.2 Å². The van der Waals surface area contributed by atoms with Crippen LogP contribution in [0.15, 0.2) is 30.9 Å². The average molecular weight is 231 g/mol. The number of hydrogen-bond acceptors (Lipinski definition) is 4. The number of rotatable bonds is 5. The van der Waals surface area contributed by atoms with Crippen molar-refractivity contribution < 1.29 is 0 Å². The van der Waals surface area contributed by atoms with Crippen LogP contribution in [-0.4, -0.2) is 25.6 Å². The van der Waals surface area contributed by atoms with E-state index in [9.17, 15) is 0 Å². The zero-order valence-electron chi connectivity index (χ0n) is 10.2. The lowest BCUT2D eigenvalue weighted by molar-refractivity contribution is 0.551. The van der Waals surface area contributed by atoms with Crippen LogP contribution in [0, 0.1) is 0 Å². The average Bonchev–Trinajstić information content (AvgIpc) is 2.75. The van der Waals surface area contributed by atoms with Crippen molar-refractivity contribution in [1.29, 1.82) is 0 Å². The molecule has 2 rings (SSSR count). The van der Waals surface area contributed by atoms with E-state index in [1.165, 1.54) is 0 Å². The minimum Gasteiger partial charge on any atom is -0.326 e. The standard InChI is InChI=1S/C12H17N5/c1-10(2)16-8-12-15-6-7-17(12)9-11-13-4-3-5-14-11/h3-7,10,16H,8-9H2,1-2H3. The van der Waals surface area contributed by atoms with Crippen molar-refractivity contribution in [2.75, 3.05) is 0 Å². The predicted octanol–water partition coefficient (Wildman–Crippen LogP) is 1.22. The minimum absolute atomic E-state index is 0.452. The maximum Gasteiger partial charge on any atom is 0.147 e. The first-order chi connectivity index (χ1) is 8.25. The molecule has 90 valence electrons. The van der Waals surface area contributed by atoms with Gasteiger partial charge in [0.2, 0.25) is 0 Å². The van der Waals surface area contributed by atoms with Crippen molar-refractivity contribution in [2.24, 2.45) is 0 Å². The van der Waals surface area contributed by atoms with Crippen LogP contribution in [0.3, 0.4) is 0 Å². The molecule has 0 spiro atoms. The van der Waals surface area contributed by atoms with Crippen molar-refractivity contribution in [3.05, 3.63) is 42.5 Å². The lowest BCUT2D eigenvalue weighted by Crippen LogP contribution is -2.24. The molecule has 0 aliphatic carbocycles. The van der Waals surface area contributed by atoms with Crippen molar-refractivity contribution in [2.45, 2.75) is 33.0 Å². The number of nitrogens with zero attached hydrogens (tertiary/aromatic N) is 4. The third-order valence-electron chi connectivity index (χ3n) is 2.40. The summed E-state index contributed by atoms with van der Waals surface area (Å²) >= 11 is 0. The summed E-state index contributed by atoms with van der Waals surface area (Å²) in [7, 11) is 0. The van der Waals surface area contributed by atoms with Gasteiger partial charge in [-0.2, -0.15) is 0 Å². The second kappa shape index (κ2) is 5.54. The quantitative estimate of drug-likeness (QED) is 0.840. The van der Waals surface area contributed by atoms with Gasteiger partial charge in [-0.15, -0.1) is 0 Å². The summed E-state index contributed by atoms with van der Waals surface area (Å²) in [6.07, 6.45) is 7.27. The maximum atomic E-state index is 4.33. The molecule has 0 aliphatic rings. The Hall–Kier alpha value is -1.75. The smallest absolute Gasteiger partial charge is 0.147 e. The van der Waals surface area contributed by atoms with Crippen molar-refractivity contribution in [1.82, 2.24) is 24.8 Å². The molecule has 0 fully saturated rings. The largest absolute Gasteiger partial charge is 0.326 e. The monoisotopic (exact) mass is 231 g/mol. The Balaban J connectivity index is 2.04. The van der Waals surface area contributed by atoms with E-state index in [0.29, 0.717) is 12.6 Å². The SMILES string of the molecule is CC(C)NCc1nccn1Cc1ncccn1. The lowest BCUT2D eigenvalue weighted by Gasteiger charge is -2.10. The summed E-state index contributed by atoms with van der Waals surface area (Å²) in [5, 5.41) is 3.35. The van der Waals surface area contributed by atoms with E-state index < -0.39 is 0 Å². The van der Waals surface area contributed by atoms with Crippen molar-refractivity contribution in [3.63, 3.8) is 0 Å². The highest BCUT2D eigenvalue weighted by Gasteiger charge is 2.05. The second-order valence-corrected chi connectivity index (χ2v) is 4.17. The summed E-state index contributed by atoms with van der Waals surface area (Å²) in [5.41, 5.74) is 0. The fraction of sp³-hybridized carbons (Fsp3) is 0.417. The number of hydrogen-bond donors (Lipinski definition) is 1. The summed E-state index contributed by atoms with van der Waals surface area (Å²) in [5.74, 6) is 1.81. The molecule has 2 heterocycles. The molecule has 0 saturated heterocycles. The van der Waals surface area contributed by atoms with Gasteiger partial charge in [0.15, 0.2) is 0 Å². The zero-order chi connectivity index (χ0) is 12.1. The Morgan fingerprint density at radius 2 is 1.94 bits per heavy atom. The summed E-state index contributed by atoms with van der Waals surface area (Å²) in [4.78, 5) is 12.7. The highest BCUT2D eigenvalue weighted by molar-refractivity contribution is 4.97. The molecule has 0 aliphatic heterocycles. The zero-order valence-corrected chi connectivity index (χ0v) is 10.2. The third-order valence-corrected chi connectivity index (χ3v) is 2.40. The molecule has 5 nitrogen and oxygen atoms in total. The number of nitrogens with one attached hydrogen (secondary N) is 1. The van der Waals surface area contributed by atoms with Gasteiger partial charge in [0.05, 0.1) is 13.1 Å². The predicted molar refractivity (Wildman–Crippen MR) is 65.3 cm³/mol. The van der Waals surface area contributed by atoms with Crippen LogP contribution in [0.25, 0.3) is 0 Å². The Kier molecular flexibility index (Phi) is 3.82. The van der Waals surface area contributed by atoms with E-state index in [1.807, 2.05) is 12.3 Å². The van der Waals surface area contributed by atoms with Gasteiger partial charge in [-0.1, -0.05) is 13.8 Å². The Bertz CT molecular complexity index is 449. The number of aromatic nitrogens is 4. The van der Waals surface area contributed by atoms with Crippen LogP contribution in [0.5, 0.6) is 0 Å². The maximum absolute atomic E-state index is 4.33. The van der Waals surface area contributed by atoms with Crippen molar-refractivity contribution >= 4 is 0 Å². The second-order valence-electron chi connectivity index (χ2n) is 4.17. The van der Waals surface area contributed by atoms with E-state index in [2.05, 4.69) is 38.7 Å². The van der Waals surface area contributed by atoms with E-state index in [-0.39, 0.29) is 0 Å². The molecule has 17 heavy (non-hydrogen) atoms. The first-order valence-corrected chi connectivity index (χ1v) is 5.75. The molecule has 2 aromatic heterocycles. The molecule has 0 bridgehead atoms. The molecule has 0 aromatic carbocycles. The first-order valence-electron chi connectivity index (χ1n) is 5.75. The molecule has 2 aromatic rings. The molecule has 0 unspecified atom stereocenters. The molecule has 0 radical (unpaired) electrons. The Morgan fingerprint density at radius 3 is 2.65 bits per heavy atom. The van der Waals surface area contributed by atoms with Gasteiger partial charge in [-0.3, -0.25) is 0 Å². The van der Waals surface area contributed by atoms with E-state index in [1.54, 1.807) is 18.6 Å². The molecule has 0 saturated carbocycles. The summed E-state index contributed by atoms with van der Waals surface area (Å²) in [6.45, 7) is 5.66. The van der Waals surface area contributed by atoms with Crippen LogP contribution < -0.4 is 5.32 Å². The van der Waals surface area contributed by atoms with Gasteiger partial charge < -0.3 is 9.88 Å². The fourth-order valence-corrected chi connectivity index (χ4v) is 1.51. The summed E-state index contributed by atoms with van der Waals surface area (Å²) < 4.78 is 2.06. The highest BCUT2D eigenvalue weighted by atomic mass is 15.1. The molecule has 0 amide bonds. The minimum atomic E-state index is 0.452. The first kappa shape index (κ1) is 11.7. The lowest BCUT2D eigenvalue weighted by atomic mass is 10.4. The molecular weight excluding hydrogens is 214 g/mol. The molecule has 1 N–H and O–H groups in total. The van der Waals surface area contributed by atoms with E-state index >= 15 is 0 Å². The highest BCUT2D eigenvalue weighted by Crippen LogP contribution is 2.01. The van der Waals surface area contributed by atoms with Gasteiger partial charge in [0.1, 0.15) is 11.6 Å². The van der Waals surface area contributed by atoms with Gasteiger partial charge in [-0.25, -0.2) is 15.0 Å². The molecule has 5 heteroatoms. The topological polar surface area (TPSA) is 55.6 Å². The van der Waals surface area contributed by atoms with E-state index in [4.69, 9.17) is 0 Å². The fourth-order valence-electron chi connectivity index (χ4n) is 1.51. The molecule has 0 atom stereocenters. The van der Waals surface area contributed by atoms with Crippen LogP contribution in [0.4, 0.5) is 0 Å². The third kappa shape index (κ3) is 3.35. The van der Waals surface area contributed by atoms with Gasteiger partial charge in [0, 0.05) is 30.8 Å². The van der Waals surface area contributed by atoms with Crippen LogP contribution in [0.2, 0.25) is 0 Å². The number of imidazole rings is 1. The van der Waals surface area contributed by atoms with Crippen molar-refractivity contribution in [3.8, 4) is 0 Å². The van der Waals surface area contributed by atoms with Crippen LogP contribution in [-0.2, 0) is 13.1 Å². The Labute approximate surface area is 101 Å². The van der Waals surface area contributed by atoms with Gasteiger partial charge >= 0.3 is 0 Å². The van der Waals surface area contributed by atoms with Gasteiger partial charge in [0.25, 0.3) is 0 Å². The molecular formula is C12H17N5. The van der Waals surface area contributed by atoms with Crippen LogP contribution in [0.1, 0.15) is 25.5 Å². The van der Waals surface area contributed by atoms with Gasteiger partial charge in [-0.05, 0) is 6.07 Å². The van der Waals surface area contributed by atoms with Crippen LogP contribution >= 0.6 is 0 Å². The Morgan fingerprint density at radius 1 is 1.18 bits per heavy atom. The summed E-state index contributed by atoms with van der Waals surface area (Å²) in [6, 6.07) is 2.27.